The zero-order valence-corrected chi connectivity index (χ0v) is 21.3. The third kappa shape index (κ3) is 6.37. The van der Waals surface area contributed by atoms with Crippen molar-refractivity contribution in [2.75, 3.05) is 18.5 Å². The fraction of sp³-hybridized carbons (Fsp3) is 0.357. The minimum atomic E-state index is -0.0432. The highest BCUT2D eigenvalue weighted by Crippen LogP contribution is 2.26. The molecule has 8 heteroatoms. The molecule has 2 N–H and O–H groups in total. The molecule has 1 amide bonds. The number of carbonyl (C=O) groups is 1. The number of carbonyl (C=O) groups excluding carboxylic acids is 1. The Morgan fingerprint density at radius 2 is 1.97 bits per heavy atom. The van der Waals surface area contributed by atoms with Gasteiger partial charge in [0, 0.05) is 24.2 Å². The van der Waals surface area contributed by atoms with E-state index in [2.05, 4.69) is 43.8 Å². The molecule has 186 valence electrons. The van der Waals surface area contributed by atoms with Crippen LogP contribution in [0.2, 0.25) is 0 Å². The zero-order chi connectivity index (χ0) is 24.7. The van der Waals surface area contributed by atoms with Crippen molar-refractivity contribution in [2.45, 2.75) is 51.5 Å². The second kappa shape index (κ2) is 11.5. The van der Waals surface area contributed by atoms with Crippen LogP contribution in [0.3, 0.4) is 0 Å². The lowest BCUT2D eigenvalue weighted by Gasteiger charge is -2.22. The molecule has 5 rings (SSSR count). The third-order valence-electron chi connectivity index (χ3n) is 6.42. The molecule has 0 atom stereocenters. The summed E-state index contributed by atoms with van der Waals surface area (Å²) >= 11 is 1.63. The van der Waals surface area contributed by atoms with Crippen LogP contribution in [0.25, 0.3) is 21.5 Å². The lowest BCUT2D eigenvalue weighted by atomic mass is 9.95. The summed E-state index contributed by atoms with van der Waals surface area (Å²) in [4.78, 5) is 25.8. The van der Waals surface area contributed by atoms with Crippen LogP contribution in [0.5, 0.6) is 5.75 Å². The molecule has 0 saturated heterocycles. The summed E-state index contributed by atoms with van der Waals surface area (Å²) in [6, 6.07) is 16.4. The van der Waals surface area contributed by atoms with Crippen LogP contribution in [0.1, 0.15) is 43.5 Å². The number of fused-ring (bicyclic) bond motifs is 1. The minimum absolute atomic E-state index is 0.0432. The second-order valence-electron chi connectivity index (χ2n) is 9.24. The number of nitrogens with one attached hydrogen (secondary N) is 2. The van der Waals surface area contributed by atoms with Crippen LogP contribution >= 0.6 is 11.3 Å². The third-order valence-corrected chi connectivity index (χ3v) is 7.22. The molecule has 0 spiro atoms. The van der Waals surface area contributed by atoms with Crippen molar-refractivity contribution in [1.82, 2.24) is 20.3 Å². The average Bonchev–Trinajstić information content (AvgIpc) is 3.36. The first-order valence-corrected chi connectivity index (χ1v) is 13.4. The second-order valence-corrected chi connectivity index (χ2v) is 10.1. The Morgan fingerprint density at radius 3 is 2.86 bits per heavy atom. The molecule has 2 aromatic carbocycles. The van der Waals surface area contributed by atoms with E-state index in [1.54, 1.807) is 11.3 Å². The molecule has 0 radical (unpaired) electrons. The van der Waals surface area contributed by atoms with Crippen LogP contribution in [-0.4, -0.2) is 40.1 Å². The number of ether oxygens (including phenoxy) is 1. The summed E-state index contributed by atoms with van der Waals surface area (Å²) in [5.74, 6) is 2.19. The Labute approximate surface area is 215 Å². The van der Waals surface area contributed by atoms with Gasteiger partial charge in [-0.05, 0) is 56.0 Å². The van der Waals surface area contributed by atoms with E-state index in [-0.39, 0.29) is 12.5 Å². The first kappa shape index (κ1) is 24.2. The maximum Gasteiger partial charge on any atom is 0.258 e. The van der Waals surface area contributed by atoms with E-state index < -0.39 is 0 Å². The van der Waals surface area contributed by atoms with Gasteiger partial charge in [-0.2, -0.15) is 0 Å². The quantitative estimate of drug-likeness (QED) is 0.313. The van der Waals surface area contributed by atoms with Gasteiger partial charge in [0.25, 0.3) is 5.91 Å². The molecule has 7 nitrogen and oxygen atoms in total. The van der Waals surface area contributed by atoms with Gasteiger partial charge in [-0.3, -0.25) is 4.79 Å². The van der Waals surface area contributed by atoms with Gasteiger partial charge in [0.05, 0.1) is 21.4 Å². The van der Waals surface area contributed by atoms with Crippen molar-refractivity contribution in [3.63, 3.8) is 0 Å². The van der Waals surface area contributed by atoms with Gasteiger partial charge in [0.2, 0.25) is 0 Å². The van der Waals surface area contributed by atoms with E-state index in [4.69, 9.17) is 4.74 Å². The van der Waals surface area contributed by atoms with Crippen molar-refractivity contribution in [2.24, 2.45) is 0 Å². The number of aryl methyl sites for hydroxylation is 1. The number of hydrogen-bond donors (Lipinski definition) is 2. The molecule has 0 bridgehead atoms. The summed E-state index contributed by atoms with van der Waals surface area (Å²) in [6.45, 7) is 2.68. The van der Waals surface area contributed by atoms with E-state index in [1.807, 2.05) is 42.8 Å². The maximum absolute atomic E-state index is 12.2. The Morgan fingerprint density at radius 1 is 1.08 bits per heavy atom. The van der Waals surface area contributed by atoms with Crippen LogP contribution in [-0.2, 0) is 11.2 Å². The molecule has 1 aliphatic carbocycles. The fourth-order valence-electron chi connectivity index (χ4n) is 4.61. The van der Waals surface area contributed by atoms with E-state index in [0.717, 1.165) is 64.5 Å². The van der Waals surface area contributed by atoms with Crippen LogP contribution in [0, 0.1) is 6.92 Å². The molecule has 0 aliphatic heterocycles. The number of benzene rings is 2. The highest BCUT2D eigenvalue weighted by Gasteiger charge is 2.16. The van der Waals surface area contributed by atoms with Crippen molar-refractivity contribution < 1.29 is 9.53 Å². The molecule has 2 aromatic heterocycles. The lowest BCUT2D eigenvalue weighted by molar-refractivity contribution is -0.124. The van der Waals surface area contributed by atoms with Gasteiger partial charge in [0.15, 0.2) is 6.61 Å². The highest BCUT2D eigenvalue weighted by atomic mass is 32.1. The Balaban J connectivity index is 1.14. The topological polar surface area (TPSA) is 89.0 Å². The van der Waals surface area contributed by atoms with Crippen molar-refractivity contribution in [1.29, 1.82) is 0 Å². The van der Waals surface area contributed by atoms with Gasteiger partial charge < -0.3 is 15.4 Å². The summed E-state index contributed by atoms with van der Waals surface area (Å²) < 4.78 is 6.91. The number of thiazole rings is 1. The van der Waals surface area contributed by atoms with Gasteiger partial charge in [-0.15, -0.1) is 11.3 Å². The molecule has 2 heterocycles. The lowest BCUT2D eigenvalue weighted by Crippen LogP contribution is -2.38. The number of rotatable bonds is 9. The number of nitrogens with zero attached hydrogens (tertiary/aromatic N) is 3. The minimum Gasteiger partial charge on any atom is -0.484 e. The van der Waals surface area contributed by atoms with Crippen LogP contribution in [0.15, 0.2) is 54.0 Å². The smallest absolute Gasteiger partial charge is 0.258 e. The Hall–Kier alpha value is -3.52. The normalized spacial score (nSPS) is 14.0. The van der Waals surface area contributed by atoms with Gasteiger partial charge in [-0.25, -0.2) is 15.0 Å². The largest absolute Gasteiger partial charge is 0.484 e. The fourth-order valence-corrected chi connectivity index (χ4v) is 5.33. The summed E-state index contributed by atoms with van der Waals surface area (Å²) in [5.41, 5.74) is 5.94. The monoisotopic (exact) mass is 501 g/mol. The van der Waals surface area contributed by atoms with Crippen molar-refractivity contribution in [3.05, 3.63) is 65.4 Å². The predicted molar refractivity (Wildman–Crippen MR) is 145 cm³/mol. The van der Waals surface area contributed by atoms with E-state index in [1.165, 1.54) is 19.3 Å². The Bertz CT molecular complexity index is 1330. The standard InChI is InChI=1S/C28H31N5O2S/c1-19-31-25(21-10-11-24-26(15-21)36-18-30-24)16-27(32-19)29-13-12-20-6-5-9-23(14-20)35-17-28(34)33-22-7-3-2-4-8-22/h5-6,9-11,14-16,18,22H,2-4,7-8,12-13,17H2,1H3,(H,33,34)(H,29,31,32). The molecule has 4 aromatic rings. The van der Waals surface area contributed by atoms with E-state index in [0.29, 0.717) is 11.8 Å². The first-order chi connectivity index (χ1) is 17.6. The molecular weight excluding hydrogens is 470 g/mol. The number of amides is 1. The van der Waals surface area contributed by atoms with Crippen LogP contribution in [0.4, 0.5) is 5.82 Å². The zero-order valence-electron chi connectivity index (χ0n) is 20.5. The Kier molecular flexibility index (Phi) is 7.71. The van der Waals surface area contributed by atoms with E-state index in [9.17, 15) is 4.79 Å². The average molecular weight is 502 g/mol. The highest BCUT2D eigenvalue weighted by molar-refractivity contribution is 7.16. The summed E-state index contributed by atoms with van der Waals surface area (Å²) in [5, 5.41) is 6.52. The molecule has 1 fully saturated rings. The van der Waals surface area contributed by atoms with Crippen molar-refractivity contribution >= 4 is 33.3 Å². The summed E-state index contributed by atoms with van der Waals surface area (Å²) in [7, 11) is 0. The number of aromatic nitrogens is 3. The van der Waals surface area contributed by atoms with E-state index >= 15 is 0 Å². The number of anilines is 1. The molecular formula is C28H31N5O2S. The summed E-state index contributed by atoms with van der Waals surface area (Å²) in [6.07, 6.45) is 6.61. The van der Waals surface area contributed by atoms with Gasteiger partial charge in [0.1, 0.15) is 17.4 Å². The predicted octanol–water partition coefficient (Wildman–Crippen LogP) is 5.54. The van der Waals surface area contributed by atoms with Crippen LogP contribution < -0.4 is 15.4 Å². The maximum atomic E-state index is 12.2. The van der Waals surface area contributed by atoms with Gasteiger partial charge >= 0.3 is 0 Å². The first-order valence-electron chi connectivity index (χ1n) is 12.6. The number of hydrogen-bond acceptors (Lipinski definition) is 7. The molecule has 36 heavy (non-hydrogen) atoms. The molecule has 1 saturated carbocycles. The molecule has 0 unspecified atom stereocenters. The molecule has 1 aliphatic rings. The van der Waals surface area contributed by atoms with Gasteiger partial charge in [-0.1, -0.05) is 37.5 Å². The van der Waals surface area contributed by atoms with Crippen molar-refractivity contribution in [3.8, 4) is 17.0 Å². The SMILES string of the molecule is Cc1nc(NCCc2cccc(OCC(=O)NC3CCCCC3)c2)cc(-c2ccc3ncsc3c2)n1.